The molecule has 120 valence electrons. The number of carbonyl (C=O) groups is 3. The van der Waals surface area contributed by atoms with Gasteiger partial charge in [-0.3, -0.25) is 14.4 Å². The van der Waals surface area contributed by atoms with E-state index in [2.05, 4.69) is 0 Å². The van der Waals surface area contributed by atoms with Gasteiger partial charge in [-0.2, -0.15) is 10.0 Å². The molecule has 2 saturated heterocycles. The molecule has 2 aliphatic carbocycles. The van der Waals surface area contributed by atoms with Gasteiger partial charge in [0.1, 0.15) is 0 Å². The van der Waals surface area contributed by atoms with Crippen LogP contribution in [0.25, 0.3) is 0 Å². The predicted molar refractivity (Wildman–Crippen MR) is 88.4 cm³/mol. The van der Waals surface area contributed by atoms with Crippen molar-refractivity contribution >= 4 is 46.0 Å². The first-order valence-corrected chi connectivity index (χ1v) is 8.63. The van der Waals surface area contributed by atoms with Gasteiger partial charge in [0.2, 0.25) is 0 Å². The number of carbonyl (C=O) groups excluding carboxylic acids is 3. The summed E-state index contributed by atoms with van der Waals surface area (Å²) in [5, 5.41) is 2.08. The summed E-state index contributed by atoms with van der Waals surface area (Å²) in [7, 11) is 3.60. The quantitative estimate of drug-likeness (QED) is 0.320. The van der Waals surface area contributed by atoms with Crippen molar-refractivity contribution in [3.8, 4) is 0 Å². The van der Waals surface area contributed by atoms with Crippen molar-refractivity contribution in [2.75, 3.05) is 14.1 Å². The van der Waals surface area contributed by atoms with Crippen LogP contribution >= 0.6 is 24.0 Å². The average Bonchev–Trinajstić information content (AvgIpc) is 3.19. The SMILES string of the molecule is CN(C)/C=C1\SC(=S)N(N2C(=O)C3C4C=CC(C4)C3C2=O)C1=O. The second-order valence-corrected chi connectivity index (χ2v) is 8.11. The molecule has 0 N–H and O–H groups in total. The normalized spacial score (nSPS) is 36.9. The Morgan fingerprint density at radius 2 is 1.70 bits per heavy atom. The molecule has 4 rings (SSSR count). The van der Waals surface area contributed by atoms with Crippen LogP contribution in [0.2, 0.25) is 0 Å². The predicted octanol–water partition coefficient (Wildman–Crippen LogP) is 0.972. The molecule has 0 aromatic carbocycles. The van der Waals surface area contributed by atoms with E-state index in [9.17, 15) is 14.4 Å². The maximum atomic E-state index is 12.8. The van der Waals surface area contributed by atoms with Crippen molar-refractivity contribution in [3.05, 3.63) is 23.3 Å². The zero-order valence-corrected chi connectivity index (χ0v) is 14.3. The van der Waals surface area contributed by atoms with Gasteiger partial charge in [-0.25, -0.2) is 0 Å². The lowest BCUT2D eigenvalue weighted by molar-refractivity contribution is -0.159. The summed E-state index contributed by atoms with van der Waals surface area (Å²) in [6, 6.07) is 0. The third-order valence-corrected chi connectivity index (χ3v) is 6.07. The van der Waals surface area contributed by atoms with Crippen molar-refractivity contribution < 1.29 is 14.4 Å². The fourth-order valence-corrected chi connectivity index (χ4v) is 5.25. The maximum Gasteiger partial charge on any atom is 0.287 e. The van der Waals surface area contributed by atoms with Gasteiger partial charge in [-0.1, -0.05) is 23.9 Å². The second-order valence-electron chi connectivity index (χ2n) is 6.43. The molecule has 8 heteroatoms. The molecule has 2 bridgehead atoms. The molecule has 4 atom stereocenters. The molecular weight excluding hydrogens is 334 g/mol. The molecule has 6 nitrogen and oxygen atoms in total. The summed E-state index contributed by atoms with van der Waals surface area (Å²) in [5.41, 5.74) is 0. The lowest BCUT2D eigenvalue weighted by Gasteiger charge is -2.25. The van der Waals surface area contributed by atoms with E-state index in [1.165, 1.54) is 0 Å². The third-order valence-electron chi connectivity index (χ3n) is 4.80. The first kappa shape index (κ1) is 14.9. The minimum absolute atomic E-state index is 0.113. The first-order valence-electron chi connectivity index (χ1n) is 7.40. The molecular formula is C15H15N3O3S2. The summed E-state index contributed by atoms with van der Waals surface area (Å²) in [6.45, 7) is 0. The van der Waals surface area contributed by atoms with Crippen LogP contribution in [-0.2, 0) is 14.4 Å². The number of hydrogen-bond donors (Lipinski definition) is 0. The molecule has 4 unspecified atom stereocenters. The molecule has 0 aromatic heterocycles. The van der Waals surface area contributed by atoms with Crippen LogP contribution in [0.1, 0.15) is 6.42 Å². The summed E-state index contributed by atoms with van der Waals surface area (Å²) >= 11 is 6.35. The Labute approximate surface area is 143 Å². The number of thiocarbonyl (C=S) groups is 1. The van der Waals surface area contributed by atoms with E-state index < -0.39 is 5.91 Å². The van der Waals surface area contributed by atoms with E-state index in [0.717, 1.165) is 28.2 Å². The maximum absolute atomic E-state index is 12.8. The molecule has 0 radical (unpaired) electrons. The van der Waals surface area contributed by atoms with Gasteiger partial charge in [0.15, 0.2) is 4.32 Å². The van der Waals surface area contributed by atoms with Crippen molar-refractivity contribution in [2.45, 2.75) is 6.42 Å². The average molecular weight is 349 g/mol. The van der Waals surface area contributed by atoms with Crippen LogP contribution in [0.4, 0.5) is 0 Å². The smallest absolute Gasteiger partial charge is 0.287 e. The zero-order chi connectivity index (χ0) is 16.5. The summed E-state index contributed by atoms with van der Waals surface area (Å²) in [6.07, 6.45) is 6.56. The molecule has 4 aliphatic rings. The standard InChI is InChI=1S/C15H15N3O3S2/c1-16(2)6-9-12(19)18(15(22)23-9)17-13(20)10-7-3-4-8(5-7)11(10)14(17)21/h3-4,6-8,10-11H,5H2,1-2H3/b9-6-. The minimum atomic E-state index is -0.407. The number of hydrazine groups is 1. The number of rotatable bonds is 2. The van der Waals surface area contributed by atoms with E-state index in [1.807, 2.05) is 12.2 Å². The minimum Gasteiger partial charge on any atom is -0.382 e. The van der Waals surface area contributed by atoms with Gasteiger partial charge in [0.05, 0.1) is 16.7 Å². The van der Waals surface area contributed by atoms with Gasteiger partial charge in [0, 0.05) is 20.3 Å². The highest BCUT2D eigenvalue weighted by molar-refractivity contribution is 8.26. The van der Waals surface area contributed by atoms with E-state index in [0.29, 0.717) is 4.91 Å². The van der Waals surface area contributed by atoms with E-state index in [4.69, 9.17) is 12.2 Å². The fourth-order valence-electron chi connectivity index (χ4n) is 3.94. The van der Waals surface area contributed by atoms with Gasteiger partial charge in [0.25, 0.3) is 17.7 Å². The van der Waals surface area contributed by atoms with Crippen molar-refractivity contribution in [1.29, 1.82) is 0 Å². The Hall–Kier alpha value is -1.67. The molecule has 23 heavy (non-hydrogen) atoms. The second kappa shape index (κ2) is 4.91. The van der Waals surface area contributed by atoms with Crippen LogP contribution in [0.3, 0.4) is 0 Å². The van der Waals surface area contributed by atoms with Gasteiger partial charge in [-0.05, 0) is 30.5 Å². The van der Waals surface area contributed by atoms with Crippen molar-refractivity contribution in [1.82, 2.24) is 14.9 Å². The zero-order valence-electron chi connectivity index (χ0n) is 12.6. The van der Waals surface area contributed by atoms with Crippen molar-refractivity contribution in [3.63, 3.8) is 0 Å². The molecule has 0 aromatic rings. The highest BCUT2D eigenvalue weighted by atomic mass is 32.2. The van der Waals surface area contributed by atoms with E-state index in [-0.39, 0.29) is 39.8 Å². The number of allylic oxidation sites excluding steroid dienone is 2. The van der Waals surface area contributed by atoms with Gasteiger partial charge < -0.3 is 4.90 Å². The van der Waals surface area contributed by atoms with Crippen LogP contribution in [0.15, 0.2) is 23.3 Å². The molecule has 0 spiro atoms. The molecule has 1 saturated carbocycles. The fraction of sp³-hybridized carbons (Fsp3) is 0.467. The topological polar surface area (TPSA) is 60.9 Å². The number of imide groups is 1. The van der Waals surface area contributed by atoms with Crippen LogP contribution in [-0.4, -0.2) is 51.1 Å². The summed E-state index contributed by atoms with van der Waals surface area (Å²) in [4.78, 5) is 40.3. The lowest BCUT2D eigenvalue weighted by atomic mass is 9.85. The van der Waals surface area contributed by atoms with Crippen molar-refractivity contribution in [2.24, 2.45) is 23.7 Å². The molecule has 2 heterocycles. The Bertz CT molecular complexity index is 685. The number of hydrogen-bond acceptors (Lipinski definition) is 6. The largest absolute Gasteiger partial charge is 0.382 e. The first-order chi connectivity index (χ1) is 10.9. The monoisotopic (exact) mass is 349 g/mol. The highest BCUT2D eigenvalue weighted by Gasteiger charge is 2.62. The van der Waals surface area contributed by atoms with Gasteiger partial charge >= 0.3 is 0 Å². The number of thioether (sulfide) groups is 1. The molecule has 2 aliphatic heterocycles. The Morgan fingerprint density at radius 1 is 1.13 bits per heavy atom. The third kappa shape index (κ3) is 1.94. The van der Waals surface area contributed by atoms with E-state index in [1.54, 1.807) is 25.2 Å². The number of fused-ring (bicyclic) bond motifs is 5. The van der Waals surface area contributed by atoms with Crippen LogP contribution in [0, 0.1) is 23.7 Å². The Balaban J connectivity index is 1.67. The molecule has 3 amide bonds. The van der Waals surface area contributed by atoms with Crippen LogP contribution in [0.5, 0.6) is 0 Å². The number of nitrogens with zero attached hydrogens (tertiary/aromatic N) is 3. The Kier molecular flexibility index (Phi) is 3.18. The van der Waals surface area contributed by atoms with Gasteiger partial charge in [-0.15, -0.1) is 0 Å². The Morgan fingerprint density at radius 3 is 2.22 bits per heavy atom. The highest BCUT2D eigenvalue weighted by Crippen LogP contribution is 2.53. The number of amides is 3. The lowest BCUT2D eigenvalue weighted by Crippen LogP contribution is -2.49. The van der Waals surface area contributed by atoms with E-state index >= 15 is 0 Å². The summed E-state index contributed by atoms with van der Waals surface area (Å²) < 4.78 is 0.227. The van der Waals surface area contributed by atoms with Crippen LogP contribution < -0.4 is 0 Å². The molecule has 3 fully saturated rings. The summed E-state index contributed by atoms with van der Waals surface area (Å²) in [5.74, 6) is -1.43.